The molecule has 0 spiro atoms. The summed E-state index contributed by atoms with van der Waals surface area (Å²) < 4.78 is 38.3. The van der Waals surface area contributed by atoms with Gasteiger partial charge in [0, 0.05) is 44.3 Å². The molecule has 0 radical (unpaired) electrons. The van der Waals surface area contributed by atoms with Gasteiger partial charge in [0.05, 0.1) is 6.54 Å². The second kappa shape index (κ2) is 9.91. The van der Waals surface area contributed by atoms with Gasteiger partial charge in [0.2, 0.25) is 0 Å². The Morgan fingerprint density at radius 2 is 1.70 bits per heavy atom. The number of carboxylic acid groups (broad SMARTS) is 1. The van der Waals surface area contributed by atoms with E-state index in [-0.39, 0.29) is 18.5 Å². The van der Waals surface area contributed by atoms with Gasteiger partial charge < -0.3 is 10.0 Å². The predicted octanol–water partition coefficient (Wildman–Crippen LogP) is 4.32. The van der Waals surface area contributed by atoms with E-state index in [1.807, 2.05) is 23.1 Å². The van der Waals surface area contributed by atoms with Crippen molar-refractivity contribution in [2.75, 3.05) is 37.6 Å². The number of alkyl halides is 3. The van der Waals surface area contributed by atoms with Crippen LogP contribution in [0.2, 0.25) is 0 Å². The van der Waals surface area contributed by atoms with Gasteiger partial charge in [-0.25, -0.2) is 4.79 Å². The zero-order valence-corrected chi connectivity index (χ0v) is 18.8. The topological polar surface area (TPSA) is 64.1 Å². The van der Waals surface area contributed by atoms with E-state index in [1.165, 1.54) is 4.90 Å². The molecule has 0 unspecified atom stereocenters. The summed E-state index contributed by atoms with van der Waals surface area (Å²) >= 11 is 0. The van der Waals surface area contributed by atoms with Crippen molar-refractivity contribution in [2.45, 2.75) is 63.6 Å². The van der Waals surface area contributed by atoms with Crippen molar-refractivity contribution in [1.82, 2.24) is 9.80 Å². The Bertz CT molecular complexity index is 868. The van der Waals surface area contributed by atoms with Gasteiger partial charge in [-0.15, -0.1) is 0 Å². The molecule has 33 heavy (non-hydrogen) atoms. The highest BCUT2D eigenvalue weighted by Crippen LogP contribution is 2.34. The normalized spacial score (nSPS) is 24.6. The summed E-state index contributed by atoms with van der Waals surface area (Å²) in [7, 11) is 0. The van der Waals surface area contributed by atoms with Crippen LogP contribution in [0.25, 0.3) is 0 Å². The van der Waals surface area contributed by atoms with Crippen LogP contribution in [0, 0.1) is 5.92 Å². The first-order valence-electron chi connectivity index (χ1n) is 11.9. The third kappa shape index (κ3) is 5.99. The second-order valence-electron chi connectivity index (χ2n) is 9.58. The Morgan fingerprint density at radius 3 is 2.36 bits per heavy atom. The monoisotopic (exact) mass is 467 g/mol. The summed E-state index contributed by atoms with van der Waals surface area (Å²) in [4.78, 5) is 29.2. The van der Waals surface area contributed by atoms with E-state index in [0.29, 0.717) is 51.4 Å². The second-order valence-corrected chi connectivity index (χ2v) is 9.58. The summed E-state index contributed by atoms with van der Waals surface area (Å²) in [5.41, 5.74) is 2.91. The highest BCUT2D eigenvalue weighted by Gasteiger charge is 2.37. The Morgan fingerprint density at radius 1 is 1.00 bits per heavy atom. The number of carbonyl (C=O) groups is 2. The van der Waals surface area contributed by atoms with Gasteiger partial charge in [-0.1, -0.05) is 6.07 Å². The van der Waals surface area contributed by atoms with E-state index >= 15 is 0 Å². The summed E-state index contributed by atoms with van der Waals surface area (Å²) in [5, 5.41) is 8.88. The number of aliphatic carboxylic acids is 1. The largest absolute Gasteiger partial charge is 0.481 e. The Balaban J connectivity index is 1.35. The Hall–Kier alpha value is -2.29. The van der Waals surface area contributed by atoms with Crippen LogP contribution in [0.3, 0.4) is 0 Å². The fourth-order valence-corrected chi connectivity index (χ4v) is 5.54. The first kappa shape index (κ1) is 23.9. The van der Waals surface area contributed by atoms with Gasteiger partial charge in [-0.2, -0.15) is 13.2 Å². The number of halogens is 3. The van der Waals surface area contributed by atoms with Gasteiger partial charge in [0.15, 0.2) is 0 Å². The minimum Gasteiger partial charge on any atom is -0.481 e. The third-order valence-electron chi connectivity index (χ3n) is 7.36. The number of hydrogen-bond donors (Lipinski definition) is 1. The Kier molecular flexibility index (Phi) is 7.16. The zero-order chi connectivity index (χ0) is 23.6. The van der Waals surface area contributed by atoms with Crippen LogP contribution in [0.5, 0.6) is 0 Å². The smallest absolute Gasteiger partial charge is 0.401 e. The van der Waals surface area contributed by atoms with E-state index in [4.69, 9.17) is 5.11 Å². The number of carboxylic acids is 1. The van der Waals surface area contributed by atoms with Crippen molar-refractivity contribution in [3.8, 4) is 0 Å². The van der Waals surface area contributed by atoms with E-state index in [2.05, 4.69) is 0 Å². The number of hydrogen-bond acceptors (Lipinski definition) is 3. The average molecular weight is 468 g/mol. The van der Waals surface area contributed by atoms with Crippen molar-refractivity contribution < 1.29 is 27.9 Å². The molecular formula is C24H32F3N3O3. The molecule has 2 amide bonds. The SMILES string of the molecule is O=C(O)CCC1CCC(N2CCN(c3ccc4c(c3)CCN(CC(F)(F)F)CC4)C2=O)CC1. The lowest BCUT2D eigenvalue weighted by atomic mass is 9.83. The molecule has 6 nitrogen and oxygen atoms in total. The van der Waals surface area contributed by atoms with Crippen LogP contribution < -0.4 is 4.90 Å². The summed E-state index contributed by atoms with van der Waals surface area (Å²) in [6, 6.07) is 6.06. The molecular weight excluding hydrogens is 435 g/mol. The van der Waals surface area contributed by atoms with Crippen molar-refractivity contribution in [2.24, 2.45) is 5.92 Å². The third-order valence-corrected chi connectivity index (χ3v) is 7.36. The van der Waals surface area contributed by atoms with Crippen molar-refractivity contribution in [3.63, 3.8) is 0 Å². The maximum Gasteiger partial charge on any atom is 0.401 e. The van der Waals surface area contributed by atoms with Crippen molar-refractivity contribution >= 4 is 17.7 Å². The van der Waals surface area contributed by atoms with E-state index in [0.717, 1.165) is 42.5 Å². The summed E-state index contributed by atoms with van der Waals surface area (Å²) in [6.45, 7) is 1.14. The fourth-order valence-electron chi connectivity index (χ4n) is 5.54. The lowest BCUT2D eigenvalue weighted by Gasteiger charge is -2.34. The van der Waals surface area contributed by atoms with Crippen LogP contribution in [-0.4, -0.2) is 71.8 Å². The first-order valence-corrected chi connectivity index (χ1v) is 11.9. The molecule has 1 saturated heterocycles. The molecule has 0 bridgehead atoms. The van der Waals surface area contributed by atoms with Crippen LogP contribution in [0.15, 0.2) is 18.2 Å². The van der Waals surface area contributed by atoms with Gasteiger partial charge in [-0.3, -0.25) is 14.6 Å². The summed E-state index contributed by atoms with van der Waals surface area (Å²) in [6.07, 6.45) is 1.57. The fraction of sp³-hybridized carbons (Fsp3) is 0.667. The first-order chi connectivity index (χ1) is 15.7. The number of nitrogens with zero attached hydrogens (tertiary/aromatic N) is 3. The highest BCUT2D eigenvalue weighted by molar-refractivity contribution is 5.94. The van der Waals surface area contributed by atoms with Gasteiger partial charge in [0.25, 0.3) is 0 Å². The maximum absolute atomic E-state index is 13.2. The molecule has 0 aromatic heterocycles. The minimum atomic E-state index is -4.19. The molecule has 2 aliphatic heterocycles. The number of rotatable bonds is 6. The number of urea groups is 1. The molecule has 0 atom stereocenters. The average Bonchev–Trinajstić information content (AvgIpc) is 3.03. The molecule has 3 aliphatic rings. The lowest BCUT2D eigenvalue weighted by Crippen LogP contribution is -2.41. The van der Waals surface area contributed by atoms with Gasteiger partial charge >= 0.3 is 18.2 Å². The van der Waals surface area contributed by atoms with Crippen molar-refractivity contribution in [3.05, 3.63) is 29.3 Å². The molecule has 2 fully saturated rings. The quantitative estimate of drug-likeness (QED) is 0.677. The van der Waals surface area contributed by atoms with E-state index in [1.54, 1.807) is 4.90 Å². The number of carbonyl (C=O) groups excluding carboxylic acids is 1. The van der Waals surface area contributed by atoms with Gasteiger partial charge in [-0.05, 0) is 74.1 Å². The Labute approximate surface area is 192 Å². The van der Waals surface area contributed by atoms with Crippen LogP contribution >= 0.6 is 0 Å². The molecule has 1 N–H and O–H groups in total. The number of anilines is 1. The molecule has 4 rings (SSSR count). The molecule has 1 aromatic rings. The molecule has 1 aromatic carbocycles. The minimum absolute atomic E-state index is 0.00347. The van der Waals surface area contributed by atoms with Crippen LogP contribution in [0.1, 0.15) is 49.7 Å². The number of fused-ring (bicyclic) bond motifs is 1. The highest BCUT2D eigenvalue weighted by atomic mass is 19.4. The van der Waals surface area contributed by atoms with Crippen LogP contribution in [0.4, 0.5) is 23.7 Å². The number of amides is 2. The maximum atomic E-state index is 13.2. The zero-order valence-electron chi connectivity index (χ0n) is 18.8. The van der Waals surface area contributed by atoms with E-state index in [9.17, 15) is 22.8 Å². The standard InChI is InChI=1S/C24H32F3N3O3/c25-24(26,27)16-28-11-9-18-4-7-21(15-19(18)10-12-28)30-14-13-29(23(30)33)20-5-1-17(2-6-20)3-8-22(31)32/h4,7,15,17,20H,1-3,5-6,8-14,16H2,(H,31,32). The molecule has 2 heterocycles. The predicted molar refractivity (Wildman–Crippen MR) is 118 cm³/mol. The lowest BCUT2D eigenvalue weighted by molar-refractivity contribution is -0.145. The molecule has 1 aliphatic carbocycles. The summed E-state index contributed by atoms with van der Waals surface area (Å²) in [5.74, 6) is -0.330. The molecule has 9 heteroatoms. The number of benzene rings is 1. The van der Waals surface area contributed by atoms with Crippen molar-refractivity contribution in [1.29, 1.82) is 0 Å². The van der Waals surface area contributed by atoms with E-state index < -0.39 is 18.7 Å². The molecule has 1 saturated carbocycles. The van der Waals surface area contributed by atoms with Crippen LogP contribution in [-0.2, 0) is 17.6 Å². The molecule has 182 valence electrons. The van der Waals surface area contributed by atoms with Gasteiger partial charge in [0.1, 0.15) is 0 Å².